The Bertz CT molecular complexity index is 99.9. The summed E-state index contributed by atoms with van der Waals surface area (Å²) in [5, 5.41) is 8.15. The van der Waals surface area contributed by atoms with Gasteiger partial charge in [-0.25, -0.2) is 0 Å². The third-order valence-corrected chi connectivity index (χ3v) is 1.20. The molecule has 0 aliphatic carbocycles. The van der Waals surface area contributed by atoms with Crippen LogP contribution in [0.25, 0.3) is 0 Å². The predicted molar refractivity (Wildman–Crippen MR) is 50.2 cm³/mol. The zero-order valence-electron chi connectivity index (χ0n) is 7.77. The van der Waals surface area contributed by atoms with Crippen LogP contribution in [0.4, 0.5) is 0 Å². The zero-order valence-corrected chi connectivity index (χ0v) is 7.77. The minimum absolute atomic E-state index is 0.705. The number of hydrogen-bond donors (Lipinski definition) is 0. The third-order valence-electron chi connectivity index (χ3n) is 1.20. The summed E-state index contributed by atoms with van der Waals surface area (Å²) < 4.78 is 0. The van der Waals surface area contributed by atoms with Crippen molar-refractivity contribution < 1.29 is 0 Å². The second-order valence-electron chi connectivity index (χ2n) is 2.05. The molecule has 0 rings (SSSR count). The molecule has 0 radical (unpaired) electrons. The summed E-state index contributed by atoms with van der Waals surface area (Å²) in [7, 11) is 0. The first-order chi connectivity index (χ1) is 5.41. The summed E-state index contributed by atoms with van der Waals surface area (Å²) >= 11 is 0. The maximum Gasteiger partial charge on any atom is 0.0621 e. The number of nitriles is 1. The molecule has 0 aliphatic heterocycles. The second kappa shape index (κ2) is 16.1. The Hall–Kier alpha value is -0.770. The monoisotopic (exact) mass is 153 g/mol. The molecule has 0 N–H and O–H groups in total. The number of rotatable bonds is 5. The Kier molecular flexibility index (Phi) is 18.8. The fraction of sp³-hybridized carbons (Fsp3) is 0.700. The van der Waals surface area contributed by atoms with Crippen molar-refractivity contribution >= 4 is 0 Å². The lowest BCUT2D eigenvalue weighted by molar-refractivity contribution is 0.700. The van der Waals surface area contributed by atoms with Gasteiger partial charge in [-0.3, -0.25) is 0 Å². The van der Waals surface area contributed by atoms with E-state index in [-0.39, 0.29) is 0 Å². The second-order valence-corrected chi connectivity index (χ2v) is 2.05. The molecule has 0 saturated heterocycles. The van der Waals surface area contributed by atoms with Crippen LogP contribution in [0.5, 0.6) is 0 Å². The molecule has 0 aromatic heterocycles. The average Bonchev–Trinajstić information content (AvgIpc) is 2.08. The molecule has 0 amide bonds. The molecule has 1 nitrogen and oxygen atoms in total. The van der Waals surface area contributed by atoms with Crippen LogP contribution in [0.15, 0.2) is 12.7 Å². The number of allylic oxidation sites excluding steroid dienone is 1. The van der Waals surface area contributed by atoms with Crippen LogP contribution in [0.3, 0.4) is 0 Å². The fourth-order valence-electron chi connectivity index (χ4n) is 0.670. The summed E-state index contributed by atoms with van der Waals surface area (Å²) in [6, 6.07) is 2.12. The number of unbranched alkanes of at least 4 members (excludes halogenated alkanes) is 4. The van der Waals surface area contributed by atoms with Gasteiger partial charge in [0, 0.05) is 6.42 Å². The van der Waals surface area contributed by atoms with E-state index in [1.165, 1.54) is 12.8 Å². The topological polar surface area (TPSA) is 23.8 Å². The first-order valence-corrected chi connectivity index (χ1v) is 4.39. The first-order valence-electron chi connectivity index (χ1n) is 4.39. The molecule has 0 aromatic carbocycles. The van der Waals surface area contributed by atoms with Gasteiger partial charge in [-0.15, -0.1) is 6.58 Å². The molecule has 11 heavy (non-hydrogen) atoms. The number of hydrogen-bond acceptors (Lipinski definition) is 1. The lowest BCUT2D eigenvalue weighted by Crippen LogP contribution is -1.73. The van der Waals surface area contributed by atoms with Crippen molar-refractivity contribution in [2.45, 2.75) is 46.0 Å². The van der Waals surface area contributed by atoms with E-state index in [9.17, 15) is 0 Å². The van der Waals surface area contributed by atoms with Gasteiger partial charge < -0.3 is 0 Å². The van der Waals surface area contributed by atoms with Crippen molar-refractivity contribution in [2.24, 2.45) is 0 Å². The van der Waals surface area contributed by atoms with Crippen molar-refractivity contribution in [3.8, 4) is 6.07 Å². The van der Waals surface area contributed by atoms with Crippen molar-refractivity contribution in [1.29, 1.82) is 5.26 Å². The summed E-state index contributed by atoms with van der Waals surface area (Å²) in [4.78, 5) is 0. The molecule has 0 spiro atoms. The molecule has 0 unspecified atom stereocenters. The van der Waals surface area contributed by atoms with Gasteiger partial charge in [-0.05, 0) is 19.3 Å². The Balaban J connectivity index is 0. The predicted octanol–water partition coefficient (Wildman–Crippen LogP) is 3.67. The molecule has 0 saturated carbocycles. The summed E-state index contributed by atoms with van der Waals surface area (Å²) in [6.45, 7) is 7.61. The van der Waals surface area contributed by atoms with Crippen LogP contribution >= 0.6 is 0 Å². The van der Waals surface area contributed by atoms with Gasteiger partial charge in [0.1, 0.15) is 0 Å². The fourth-order valence-corrected chi connectivity index (χ4v) is 0.670. The van der Waals surface area contributed by atoms with Gasteiger partial charge in [0.2, 0.25) is 0 Å². The Labute approximate surface area is 70.7 Å². The van der Waals surface area contributed by atoms with Gasteiger partial charge >= 0.3 is 0 Å². The molecule has 0 atom stereocenters. The van der Waals surface area contributed by atoms with E-state index in [4.69, 9.17) is 5.26 Å². The molecule has 1 heteroatoms. The van der Waals surface area contributed by atoms with Crippen molar-refractivity contribution in [1.82, 2.24) is 0 Å². The highest BCUT2D eigenvalue weighted by Crippen LogP contribution is 2.01. The van der Waals surface area contributed by atoms with Crippen molar-refractivity contribution in [3.05, 3.63) is 12.7 Å². The van der Waals surface area contributed by atoms with Crippen LogP contribution in [0.1, 0.15) is 46.0 Å². The molecule has 0 fully saturated rings. The standard InChI is InChI=1S/C8H13N.C2H6/c1-2-3-4-5-6-7-8-9;1-2/h2H,1,3-7H2;1-2H3. The van der Waals surface area contributed by atoms with Gasteiger partial charge in [0.05, 0.1) is 6.07 Å². The highest BCUT2D eigenvalue weighted by molar-refractivity contribution is 4.69. The van der Waals surface area contributed by atoms with Crippen LogP contribution in [0.2, 0.25) is 0 Å². The van der Waals surface area contributed by atoms with Gasteiger partial charge in [0.15, 0.2) is 0 Å². The number of nitrogens with zero attached hydrogens (tertiary/aromatic N) is 1. The van der Waals surface area contributed by atoms with E-state index in [2.05, 4.69) is 12.6 Å². The van der Waals surface area contributed by atoms with Crippen molar-refractivity contribution in [3.63, 3.8) is 0 Å². The minimum atomic E-state index is 0.705. The van der Waals surface area contributed by atoms with Crippen LogP contribution in [-0.2, 0) is 0 Å². The van der Waals surface area contributed by atoms with E-state index in [1.54, 1.807) is 0 Å². The van der Waals surface area contributed by atoms with Gasteiger partial charge in [-0.1, -0.05) is 26.3 Å². The van der Waals surface area contributed by atoms with Crippen LogP contribution in [-0.4, -0.2) is 0 Å². The lowest BCUT2D eigenvalue weighted by Gasteiger charge is -1.90. The highest BCUT2D eigenvalue weighted by Gasteiger charge is 1.84. The minimum Gasteiger partial charge on any atom is -0.198 e. The largest absolute Gasteiger partial charge is 0.198 e. The van der Waals surface area contributed by atoms with E-state index in [1.807, 2.05) is 19.9 Å². The molecule has 0 bridgehead atoms. The van der Waals surface area contributed by atoms with Crippen molar-refractivity contribution in [2.75, 3.05) is 0 Å². The molecule has 64 valence electrons. The van der Waals surface area contributed by atoms with E-state index in [0.29, 0.717) is 6.42 Å². The Morgan fingerprint density at radius 1 is 1.27 bits per heavy atom. The SMILES string of the molecule is C=CCCCCCC#N.CC. The summed E-state index contributed by atoms with van der Waals surface area (Å²) in [6.07, 6.45) is 7.12. The Morgan fingerprint density at radius 3 is 2.36 bits per heavy atom. The third kappa shape index (κ3) is 17.6. The van der Waals surface area contributed by atoms with Crippen LogP contribution < -0.4 is 0 Å². The summed E-state index contributed by atoms with van der Waals surface area (Å²) in [5.41, 5.74) is 0. The molecular weight excluding hydrogens is 134 g/mol. The molecule has 0 aromatic rings. The lowest BCUT2D eigenvalue weighted by atomic mass is 10.1. The van der Waals surface area contributed by atoms with E-state index >= 15 is 0 Å². The molecular formula is C10H19N. The normalized spacial score (nSPS) is 7.36. The highest BCUT2D eigenvalue weighted by atomic mass is 14.2. The quantitative estimate of drug-likeness (QED) is 0.436. The summed E-state index contributed by atoms with van der Waals surface area (Å²) in [5.74, 6) is 0. The maximum absolute atomic E-state index is 8.15. The van der Waals surface area contributed by atoms with E-state index < -0.39 is 0 Å². The maximum atomic E-state index is 8.15. The molecule has 0 aliphatic rings. The van der Waals surface area contributed by atoms with Crippen LogP contribution in [0, 0.1) is 11.3 Å². The smallest absolute Gasteiger partial charge is 0.0621 e. The first kappa shape index (κ1) is 12.9. The zero-order chi connectivity index (χ0) is 8.95. The van der Waals surface area contributed by atoms with Gasteiger partial charge in [0.25, 0.3) is 0 Å². The van der Waals surface area contributed by atoms with E-state index in [0.717, 1.165) is 12.8 Å². The molecule has 0 heterocycles. The van der Waals surface area contributed by atoms with Gasteiger partial charge in [-0.2, -0.15) is 5.26 Å². The Morgan fingerprint density at radius 2 is 1.91 bits per heavy atom. The average molecular weight is 153 g/mol.